The fraction of sp³-hybridized carbons (Fsp3) is 0.200. The van der Waals surface area contributed by atoms with E-state index >= 15 is 0 Å². The third-order valence-corrected chi connectivity index (χ3v) is 4.81. The molecular weight excluding hydrogens is 378 g/mol. The van der Waals surface area contributed by atoms with Crippen molar-refractivity contribution in [3.63, 3.8) is 0 Å². The van der Waals surface area contributed by atoms with Gasteiger partial charge in [0.05, 0.1) is 17.5 Å². The third kappa shape index (κ3) is 3.27. The van der Waals surface area contributed by atoms with Crippen LogP contribution in [0.2, 0.25) is 0 Å². The quantitative estimate of drug-likeness (QED) is 0.389. The van der Waals surface area contributed by atoms with Crippen LogP contribution in [0.1, 0.15) is 12.7 Å². The van der Waals surface area contributed by atoms with Gasteiger partial charge in [0.15, 0.2) is 5.54 Å². The van der Waals surface area contributed by atoms with Crippen LogP contribution in [0.3, 0.4) is 0 Å². The van der Waals surface area contributed by atoms with E-state index in [1.807, 2.05) is 18.2 Å². The Morgan fingerprint density at radius 2 is 1.97 bits per heavy atom. The second-order valence-electron chi connectivity index (χ2n) is 6.76. The van der Waals surface area contributed by atoms with Crippen molar-refractivity contribution in [1.29, 1.82) is 0 Å². The number of urea groups is 1. The fourth-order valence-corrected chi connectivity index (χ4v) is 3.24. The monoisotopic (exact) mass is 395 g/mol. The Morgan fingerprint density at radius 3 is 2.72 bits per heavy atom. The average Bonchev–Trinajstić information content (AvgIpc) is 3.24. The van der Waals surface area contributed by atoms with Gasteiger partial charge in [-0.3, -0.25) is 19.8 Å². The van der Waals surface area contributed by atoms with E-state index in [-0.39, 0.29) is 24.6 Å². The zero-order valence-corrected chi connectivity index (χ0v) is 15.5. The Kier molecular flexibility index (Phi) is 4.42. The number of benzene rings is 2. The molecule has 1 saturated heterocycles. The fourth-order valence-electron chi connectivity index (χ4n) is 3.24. The molecule has 9 nitrogen and oxygen atoms in total. The first-order valence-electron chi connectivity index (χ1n) is 8.89. The lowest BCUT2D eigenvalue weighted by molar-refractivity contribution is -0.384. The minimum atomic E-state index is -1.32. The standard InChI is InChI=1S/C20H17N3O6/c1-20(17-11-13-5-2-3-8-16(13)29-17)18(24)22(19(25)21-20)9-10-28-15-7-4-6-14(12-15)23(26)27/h2-8,11-12H,9-10H2,1H3,(H,21,25). The van der Waals surface area contributed by atoms with E-state index in [2.05, 4.69) is 5.32 Å². The van der Waals surface area contributed by atoms with Gasteiger partial charge in [-0.05, 0) is 25.1 Å². The van der Waals surface area contributed by atoms with Crippen LogP contribution in [0.5, 0.6) is 5.75 Å². The minimum Gasteiger partial charge on any atom is -0.491 e. The lowest BCUT2D eigenvalue weighted by Gasteiger charge is -2.19. The van der Waals surface area contributed by atoms with Gasteiger partial charge in [-0.15, -0.1) is 0 Å². The van der Waals surface area contributed by atoms with E-state index in [0.29, 0.717) is 11.3 Å². The number of hydrogen-bond donors (Lipinski definition) is 1. The molecule has 0 aliphatic carbocycles. The van der Waals surface area contributed by atoms with Crippen molar-refractivity contribution in [2.45, 2.75) is 12.5 Å². The molecule has 1 N–H and O–H groups in total. The lowest BCUT2D eigenvalue weighted by atomic mass is 9.99. The number of imide groups is 1. The molecule has 0 bridgehead atoms. The number of hydrogen-bond acceptors (Lipinski definition) is 6. The maximum absolute atomic E-state index is 12.9. The predicted molar refractivity (Wildman–Crippen MR) is 102 cm³/mol. The Balaban J connectivity index is 1.47. The van der Waals surface area contributed by atoms with E-state index in [1.165, 1.54) is 18.2 Å². The maximum Gasteiger partial charge on any atom is 0.325 e. The van der Waals surface area contributed by atoms with E-state index < -0.39 is 22.4 Å². The smallest absolute Gasteiger partial charge is 0.325 e. The van der Waals surface area contributed by atoms with Gasteiger partial charge < -0.3 is 14.5 Å². The number of para-hydroxylation sites is 1. The summed E-state index contributed by atoms with van der Waals surface area (Å²) in [6.45, 7) is 1.58. The van der Waals surface area contributed by atoms with Crippen LogP contribution < -0.4 is 10.1 Å². The van der Waals surface area contributed by atoms with Gasteiger partial charge in [0.2, 0.25) is 0 Å². The molecular formula is C20H17N3O6. The number of nitro benzene ring substituents is 1. The van der Waals surface area contributed by atoms with Crippen molar-refractivity contribution in [2.24, 2.45) is 0 Å². The highest BCUT2D eigenvalue weighted by molar-refractivity contribution is 6.07. The van der Waals surface area contributed by atoms with E-state index in [4.69, 9.17) is 9.15 Å². The maximum atomic E-state index is 12.9. The van der Waals surface area contributed by atoms with Crippen molar-refractivity contribution in [3.8, 4) is 5.75 Å². The number of furan rings is 1. The van der Waals surface area contributed by atoms with Crippen LogP contribution in [0.4, 0.5) is 10.5 Å². The number of nitro groups is 1. The topological polar surface area (TPSA) is 115 Å². The predicted octanol–water partition coefficient (Wildman–Crippen LogP) is 3.19. The van der Waals surface area contributed by atoms with Crippen molar-refractivity contribution in [1.82, 2.24) is 10.2 Å². The summed E-state index contributed by atoms with van der Waals surface area (Å²) >= 11 is 0. The number of amides is 3. The molecule has 0 radical (unpaired) electrons. The highest BCUT2D eigenvalue weighted by Crippen LogP contribution is 2.33. The van der Waals surface area contributed by atoms with Crippen molar-refractivity contribution in [2.75, 3.05) is 13.2 Å². The largest absolute Gasteiger partial charge is 0.491 e. The molecule has 3 aromatic rings. The molecule has 0 saturated carbocycles. The zero-order valence-electron chi connectivity index (χ0n) is 15.5. The van der Waals surface area contributed by atoms with Crippen LogP contribution in [-0.2, 0) is 10.3 Å². The highest BCUT2D eigenvalue weighted by atomic mass is 16.6. The van der Waals surface area contributed by atoms with E-state index in [1.54, 1.807) is 25.1 Å². The van der Waals surface area contributed by atoms with E-state index in [9.17, 15) is 19.7 Å². The molecule has 1 fully saturated rings. The number of rotatable bonds is 6. The summed E-state index contributed by atoms with van der Waals surface area (Å²) in [6.07, 6.45) is 0. The molecule has 2 heterocycles. The molecule has 1 aliphatic heterocycles. The number of carbonyl (C=O) groups excluding carboxylic acids is 2. The van der Waals surface area contributed by atoms with Crippen molar-refractivity contribution >= 4 is 28.6 Å². The Morgan fingerprint density at radius 1 is 1.17 bits per heavy atom. The number of nitrogens with one attached hydrogen (secondary N) is 1. The summed E-state index contributed by atoms with van der Waals surface area (Å²) in [5.74, 6) is 0.176. The first-order chi connectivity index (χ1) is 13.9. The number of non-ortho nitro benzene ring substituents is 1. The normalized spacial score (nSPS) is 18.9. The molecule has 9 heteroatoms. The summed E-state index contributed by atoms with van der Waals surface area (Å²) in [6, 6.07) is 14.2. The molecule has 148 valence electrons. The third-order valence-electron chi connectivity index (χ3n) is 4.81. The second-order valence-corrected chi connectivity index (χ2v) is 6.76. The number of fused-ring (bicyclic) bond motifs is 1. The first-order valence-corrected chi connectivity index (χ1v) is 8.89. The van der Waals surface area contributed by atoms with Crippen molar-refractivity contribution in [3.05, 3.63) is 70.5 Å². The van der Waals surface area contributed by atoms with E-state index in [0.717, 1.165) is 10.3 Å². The molecule has 1 atom stereocenters. The summed E-state index contributed by atoms with van der Waals surface area (Å²) in [5.41, 5.74) is -0.796. The van der Waals surface area contributed by atoms with Gasteiger partial charge >= 0.3 is 6.03 Å². The van der Waals surface area contributed by atoms with Crippen LogP contribution in [0, 0.1) is 10.1 Å². The second kappa shape index (κ2) is 6.93. The van der Waals surface area contributed by atoms with Crippen LogP contribution >= 0.6 is 0 Å². The molecule has 1 unspecified atom stereocenters. The summed E-state index contributed by atoms with van der Waals surface area (Å²) in [4.78, 5) is 36.7. The zero-order chi connectivity index (χ0) is 20.6. The molecule has 2 aromatic carbocycles. The molecule has 29 heavy (non-hydrogen) atoms. The molecule has 0 spiro atoms. The lowest BCUT2D eigenvalue weighted by Crippen LogP contribution is -2.41. The van der Waals surface area contributed by atoms with Crippen molar-refractivity contribution < 1.29 is 23.7 Å². The Labute approximate surface area is 165 Å². The Hall–Kier alpha value is -3.88. The van der Waals surface area contributed by atoms with Gasteiger partial charge in [0.1, 0.15) is 23.7 Å². The number of nitrogens with zero attached hydrogens (tertiary/aromatic N) is 2. The molecule has 3 amide bonds. The molecule has 1 aromatic heterocycles. The minimum absolute atomic E-state index is 0.00343. The number of ether oxygens (including phenoxy) is 1. The van der Waals surface area contributed by atoms with Crippen LogP contribution in [0.15, 0.2) is 59.0 Å². The highest BCUT2D eigenvalue weighted by Gasteiger charge is 2.51. The number of carbonyl (C=O) groups is 2. The SMILES string of the molecule is CC1(c2cc3ccccc3o2)NC(=O)N(CCOc2cccc([N+](=O)[O-])c2)C1=O. The average molecular weight is 395 g/mol. The van der Waals surface area contributed by atoms with Gasteiger partial charge in [-0.2, -0.15) is 0 Å². The van der Waals surface area contributed by atoms with Gasteiger partial charge in [-0.1, -0.05) is 24.3 Å². The summed E-state index contributed by atoms with van der Waals surface area (Å²) in [7, 11) is 0. The van der Waals surface area contributed by atoms with Crippen LogP contribution in [0.25, 0.3) is 11.0 Å². The molecule has 1 aliphatic rings. The van der Waals surface area contributed by atoms with Gasteiger partial charge in [0.25, 0.3) is 11.6 Å². The Bertz CT molecular complexity index is 1090. The van der Waals surface area contributed by atoms with Gasteiger partial charge in [0, 0.05) is 11.5 Å². The molecule has 4 rings (SSSR count). The summed E-state index contributed by atoms with van der Waals surface area (Å²) < 4.78 is 11.2. The summed E-state index contributed by atoms with van der Waals surface area (Å²) in [5, 5.41) is 14.3. The first kappa shape index (κ1) is 18.5. The van der Waals surface area contributed by atoms with Gasteiger partial charge in [-0.25, -0.2) is 4.79 Å². The van der Waals surface area contributed by atoms with Crippen LogP contribution in [-0.4, -0.2) is 34.9 Å².